The van der Waals surface area contributed by atoms with Crippen molar-refractivity contribution in [3.05, 3.63) is 114 Å². The number of benzene rings is 4. The molecule has 0 saturated carbocycles. The molecule has 0 fully saturated rings. The van der Waals surface area contributed by atoms with Gasteiger partial charge in [-0.25, -0.2) is 17.5 Å². The maximum atomic E-state index is 13.3. The normalized spacial score (nSPS) is 11.4. The van der Waals surface area contributed by atoms with Gasteiger partial charge in [0.2, 0.25) is 15.9 Å². The molecule has 0 aliphatic heterocycles. The van der Waals surface area contributed by atoms with Crippen molar-refractivity contribution in [2.45, 2.75) is 24.4 Å². The van der Waals surface area contributed by atoms with Gasteiger partial charge in [-0.15, -0.1) is 0 Å². The number of carbonyl (C=O) groups is 1. The maximum Gasteiger partial charge on any atom is 0.240 e. The van der Waals surface area contributed by atoms with Gasteiger partial charge in [0, 0.05) is 13.1 Å². The van der Waals surface area contributed by atoms with E-state index in [0.29, 0.717) is 11.1 Å². The number of amides is 1. The molecular formula is C26H23FN2O3S. The highest BCUT2D eigenvalue weighted by atomic mass is 32.2. The summed E-state index contributed by atoms with van der Waals surface area (Å²) in [5.41, 5.74) is 2.09. The maximum absolute atomic E-state index is 13.3. The zero-order chi connectivity index (χ0) is 23.3. The Kier molecular flexibility index (Phi) is 6.82. The Morgan fingerprint density at radius 3 is 2.24 bits per heavy atom. The average Bonchev–Trinajstić information content (AvgIpc) is 2.82. The molecule has 0 aliphatic carbocycles. The number of carbonyl (C=O) groups excluding carboxylic acids is 1. The summed E-state index contributed by atoms with van der Waals surface area (Å²) in [7, 11) is -3.79. The highest BCUT2D eigenvalue weighted by Gasteiger charge is 2.14. The van der Waals surface area contributed by atoms with Crippen LogP contribution in [0.3, 0.4) is 0 Å². The van der Waals surface area contributed by atoms with Gasteiger partial charge in [0.15, 0.2) is 0 Å². The quantitative estimate of drug-likeness (QED) is 0.410. The summed E-state index contributed by atoms with van der Waals surface area (Å²) in [5.74, 6) is -0.573. The van der Waals surface area contributed by atoms with Gasteiger partial charge in [-0.3, -0.25) is 4.79 Å². The van der Waals surface area contributed by atoms with Crippen LogP contribution >= 0.6 is 0 Å². The number of hydrogen-bond donors (Lipinski definition) is 2. The van der Waals surface area contributed by atoms with E-state index in [1.54, 1.807) is 18.2 Å². The van der Waals surface area contributed by atoms with Crippen molar-refractivity contribution in [3.63, 3.8) is 0 Å². The van der Waals surface area contributed by atoms with Crippen LogP contribution in [0.25, 0.3) is 10.8 Å². The number of rotatable bonds is 8. The van der Waals surface area contributed by atoms with Gasteiger partial charge >= 0.3 is 0 Å². The van der Waals surface area contributed by atoms with Crippen molar-refractivity contribution in [1.82, 2.24) is 10.0 Å². The number of halogens is 1. The molecule has 7 heteroatoms. The Morgan fingerprint density at radius 2 is 1.45 bits per heavy atom. The van der Waals surface area contributed by atoms with E-state index in [9.17, 15) is 17.6 Å². The number of nitrogens with one attached hydrogen (secondary N) is 2. The first-order valence-corrected chi connectivity index (χ1v) is 11.9. The molecule has 4 aromatic carbocycles. The molecule has 2 N–H and O–H groups in total. The second-order valence-corrected chi connectivity index (χ2v) is 9.50. The lowest BCUT2D eigenvalue weighted by molar-refractivity contribution is -0.120. The van der Waals surface area contributed by atoms with Crippen LogP contribution in [0, 0.1) is 5.82 Å². The summed E-state index contributed by atoms with van der Waals surface area (Å²) in [6.07, 6.45) is 0.234. The van der Waals surface area contributed by atoms with Crippen molar-refractivity contribution < 1.29 is 17.6 Å². The van der Waals surface area contributed by atoms with Gasteiger partial charge < -0.3 is 5.32 Å². The van der Waals surface area contributed by atoms with E-state index in [2.05, 4.69) is 10.0 Å². The number of hydrogen-bond acceptors (Lipinski definition) is 3. The van der Waals surface area contributed by atoms with E-state index in [1.165, 1.54) is 30.3 Å². The van der Waals surface area contributed by atoms with Crippen LogP contribution in [-0.2, 0) is 34.3 Å². The second kappa shape index (κ2) is 9.94. The highest BCUT2D eigenvalue weighted by molar-refractivity contribution is 7.89. The fraction of sp³-hybridized carbons (Fsp3) is 0.115. The molecule has 0 atom stereocenters. The summed E-state index contributed by atoms with van der Waals surface area (Å²) < 4.78 is 41.1. The summed E-state index contributed by atoms with van der Waals surface area (Å²) in [6.45, 7) is 0.187. The van der Waals surface area contributed by atoms with E-state index >= 15 is 0 Å². The van der Waals surface area contributed by atoms with Crippen molar-refractivity contribution in [3.8, 4) is 0 Å². The van der Waals surface area contributed by atoms with Crippen LogP contribution in [0.15, 0.2) is 95.9 Å². The summed E-state index contributed by atoms with van der Waals surface area (Å²) in [5, 5.41) is 5.03. The van der Waals surface area contributed by atoms with Crippen molar-refractivity contribution in [2.24, 2.45) is 0 Å². The van der Waals surface area contributed by atoms with Gasteiger partial charge in [0.25, 0.3) is 0 Å². The molecule has 0 spiro atoms. The van der Waals surface area contributed by atoms with Crippen LogP contribution in [0.4, 0.5) is 4.39 Å². The predicted molar refractivity (Wildman–Crippen MR) is 126 cm³/mol. The Hall–Kier alpha value is -3.55. The fourth-order valence-electron chi connectivity index (χ4n) is 3.53. The summed E-state index contributed by atoms with van der Waals surface area (Å²) >= 11 is 0. The minimum absolute atomic E-state index is 0.0210. The predicted octanol–water partition coefficient (Wildman–Crippen LogP) is 4.32. The van der Waals surface area contributed by atoms with Crippen molar-refractivity contribution in [1.29, 1.82) is 0 Å². The molecule has 4 rings (SSSR count). The third-order valence-electron chi connectivity index (χ3n) is 5.23. The lowest BCUT2D eigenvalue weighted by Gasteiger charge is -2.10. The zero-order valence-corrected chi connectivity index (χ0v) is 18.6. The molecule has 0 aliphatic rings. The highest BCUT2D eigenvalue weighted by Crippen LogP contribution is 2.16. The molecule has 0 unspecified atom stereocenters. The van der Waals surface area contributed by atoms with Crippen molar-refractivity contribution in [2.75, 3.05) is 0 Å². The molecule has 33 heavy (non-hydrogen) atoms. The molecule has 4 aromatic rings. The third-order valence-corrected chi connectivity index (χ3v) is 6.63. The van der Waals surface area contributed by atoms with Crippen LogP contribution in [0.2, 0.25) is 0 Å². The van der Waals surface area contributed by atoms with E-state index in [4.69, 9.17) is 0 Å². The van der Waals surface area contributed by atoms with Gasteiger partial charge in [0.05, 0.1) is 11.3 Å². The molecule has 1 amide bonds. The first-order valence-electron chi connectivity index (χ1n) is 10.5. The van der Waals surface area contributed by atoms with Crippen LogP contribution < -0.4 is 10.0 Å². The molecule has 0 heterocycles. The lowest BCUT2D eigenvalue weighted by Crippen LogP contribution is -2.25. The molecule has 0 bridgehead atoms. The molecule has 0 saturated heterocycles. The first kappa shape index (κ1) is 22.6. The number of fused-ring (bicyclic) bond motifs is 1. The number of sulfonamides is 1. The zero-order valence-electron chi connectivity index (χ0n) is 17.8. The largest absolute Gasteiger partial charge is 0.352 e. The lowest BCUT2D eigenvalue weighted by atomic mass is 10.0. The Labute approximate surface area is 192 Å². The molecule has 168 valence electrons. The van der Waals surface area contributed by atoms with Crippen LogP contribution in [0.5, 0.6) is 0 Å². The SMILES string of the molecule is O=C(Cc1ccc2ccccc2c1)NCc1cccc(S(=O)(=O)NCc2cccc(F)c2)c1. The Balaban J connectivity index is 1.36. The van der Waals surface area contributed by atoms with E-state index in [1.807, 2.05) is 42.5 Å². The van der Waals surface area contributed by atoms with E-state index in [0.717, 1.165) is 16.3 Å². The smallest absolute Gasteiger partial charge is 0.240 e. The monoisotopic (exact) mass is 462 g/mol. The Morgan fingerprint density at radius 1 is 0.727 bits per heavy atom. The first-order chi connectivity index (χ1) is 15.9. The fourth-order valence-corrected chi connectivity index (χ4v) is 4.62. The minimum Gasteiger partial charge on any atom is -0.352 e. The third kappa shape index (κ3) is 6.03. The minimum atomic E-state index is -3.79. The van der Waals surface area contributed by atoms with Crippen molar-refractivity contribution >= 4 is 26.7 Å². The van der Waals surface area contributed by atoms with Crippen LogP contribution in [0.1, 0.15) is 16.7 Å². The van der Waals surface area contributed by atoms with Gasteiger partial charge in [-0.1, -0.05) is 66.7 Å². The van der Waals surface area contributed by atoms with Crippen LogP contribution in [-0.4, -0.2) is 14.3 Å². The molecular weight excluding hydrogens is 439 g/mol. The summed E-state index contributed by atoms with van der Waals surface area (Å²) in [4.78, 5) is 12.5. The second-order valence-electron chi connectivity index (χ2n) is 7.74. The van der Waals surface area contributed by atoms with Gasteiger partial charge in [-0.05, 0) is 51.7 Å². The molecule has 0 radical (unpaired) electrons. The van der Waals surface area contributed by atoms with Gasteiger partial charge in [-0.2, -0.15) is 0 Å². The molecule has 5 nitrogen and oxygen atoms in total. The van der Waals surface area contributed by atoms with Gasteiger partial charge in [0.1, 0.15) is 5.82 Å². The summed E-state index contributed by atoms with van der Waals surface area (Å²) in [6, 6.07) is 26.0. The van der Waals surface area contributed by atoms with E-state index in [-0.39, 0.29) is 30.3 Å². The average molecular weight is 463 g/mol. The molecule has 0 aromatic heterocycles. The van der Waals surface area contributed by atoms with E-state index < -0.39 is 15.8 Å². The Bertz CT molecular complexity index is 1400. The standard InChI is InChI=1S/C26H23FN2O3S/c27-24-9-3-5-20(14-24)18-29-33(31,32)25-10-4-6-21(15-25)17-28-26(30)16-19-11-12-22-7-1-2-8-23(22)13-19/h1-15,29H,16-18H2,(H,28,30). The topological polar surface area (TPSA) is 75.3 Å².